The van der Waals surface area contributed by atoms with E-state index in [1.54, 1.807) is 12.1 Å². The summed E-state index contributed by atoms with van der Waals surface area (Å²) < 4.78 is 5.40. The summed E-state index contributed by atoms with van der Waals surface area (Å²) in [5, 5.41) is 13.6. The Balaban J connectivity index is 1.80. The van der Waals surface area contributed by atoms with Crippen molar-refractivity contribution in [3.63, 3.8) is 0 Å². The zero-order valence-corrected chi connectivity index (χ0v) is 13.7. The molecule has 0 aromatic heterocycles. The van der Waals surface area contributed by atoms with Crippen LogP contribution in [0.4, 0.5) is 11.4 Å². The molecule has 2 aromatic rings. The van der Waals surface area contributed by atoms with Gasteiger partial charge in [0, 0.05) is 23.4 Å². The summed E-state index contributed by atoms with van der Waals surface area (Å²) in [5.74, 6) is -0.128. The van der Waals surface area contributed by atoms with Gasteiger partial charge < -0.3 is 15.0 Å². The van der Waals surface area contributed by atoms with Crippen molar-refractivity contribution in [1.82, 2.24) is 0 Å². The Labute approximate surface area is 145 Å². The second kappa shape index (κ2) is 7.87. The van der Waals surface area contributed by atoms with Crippen molar-refractivity contribution >= 4 is 17.3 Å². The number of carbonyl (C=O) groups is 1. The van der Waals surface area contributed by atoms with Gasteiger partial charge in [0.15, 0.2) is 6.04 Å². The predicted octanol–water partition coefficient (Wildman–Crippen LogP) is 1.19. The molecule has 7 nitrogen and oxygen atoms in total. The summed E-state index contributed by atoms with van der Waals surface area (Å²) in [4.78, 5) is 24.3. The Morgan fingerprint density at radius 2 is 1.72 bits per heavy atom. The molecule has 1 amide bonds. The van der Waals surface area contributed by atoms with E-state index in [0.717, 1.165) is 23.6 Å². The zero-order valence-electron chi connectivity index (χ0n) is 13.7. The van der Waals surface area contributed by atoms with Gasteiger partial charge in [-0.05, 0) is 12.1 Å². The maximum Gasteiger partial charge on any atom is 0.287 e. The number of hydrogen-bond acceptors (Lipinski definition) is 4. The minimum atomic E-state index is -0.462. The third-order valence-corrected chi connectivity index (χ3v) is 4.28. The summed E-state index contributed by atoms with van der Waals surface area (Å²) in [5.41, 5.74) is 1.49. The fourth-order valence-electron chi connectivity index (χ4n) is 3.02. The van der Waals surface area contributed by atoms with Gasteiger partial charge in [-0.25, -0.2) is 0 Å². The average Bonchev–Trinajstić information content (AvgIpc) is 2.64. The summed E-state index contributed by atoms with van der Waals surface area (Å²) in [6, 6.07) is 15.2. The molecule has 1 aliphatic rings. The van der Waals surface area contributed by atoms with Gasteiger partial charge in [-0.15, -0.1) is 0 Å². The molecule has 0 aliphatic carbocycles. The highest BCUT2D eigenvalue weighted by atomic mass is 16.6. The molecule has 0 bridgehead atoms. The van der Waals surface area contributed by atoms with E-state index in [4.69, 9.17) is 4.74 Å². The van der Waals surface area contributed by atoms with Crippen LogP contribution in [0, 0.1) is 10.1 Å². The SMILES string of the molecule is O=C(Nc1ccc([N+](=O)[O-])cc1)[C@@H](c1ccccc1)[NH+]1CCOCC1. The molecule has 0 saturated carbocycles. The fourth-order valence-corrected chi connectivity index (χ4v) is 3.02. The van der Waals surface area contributed by atoms with Crippen LogP contribution in [0.25, 0.3) is 0 Å². The number of amides is 1. The predicted molar refractivity (Wildman–Crippen MR) is 92.4 cm³/mol. The number of carbonyl (C=O) groups excluding carboxylic acids is 1. The molecule has 1 heterocycles. The molecule has 1 aliphatic heterocycles. The lowest BCUT2D eigenvalue weighted by atomic mass is 10.0. The van der Waals surface area contributed by atoms with Crippen molar-refractivity contribution in [2.45, 2.75) is 6.04 Å². The maximum atomic E-state index is 12.9. The maximum absolute atomic E-state index is 12.9. The van der Waals surface area contributed by atoms with Crippen LogP contribution in [-0.4, -0.2) is 37.1 Å². The van der Waals surface area contributed by atoms with Gasteiger partial charge >= 0.3 is 0 Å². The second-order valence-corrected chi connectivity index (χ2v) is 5.91. The Hall–Kier alpha value is -2.77. The molecule has 0 unspecified atom stereocenters. The number of quaternary nitrogens is 1. The lowest BCUT2D eigenvalue weighted by Gasteiger charge is -2.30. The molecule has 0 spiro atoms. The van der Waals surface area contributed by atoms with Gasteiger partial charge in [-0.1, -0.05) is 30.3 Å². The van der Waals surface area contributed by atoms with Crippen LogP contribution in [0.15, 0.2) is 54.6 Å². The molecule has 3 rings (SSSR count). The number of hydrogen-bond donors (Lipinski definition) is 2. The first-order valence-electron chi connectivity index (χ1n) is 8.18. The monoisotopic (exact) mass is 342 g/mol. The minimum Gasteiger partial charge on any atom is -0.370 e. The summed E-state index contributed by atoms with van der Waals surface area (Å²) >= 11 is 0. The van der Waals surface area contributed by atoms with E-state index in [9.17, 15) is 14.9 Å². The quantitative estimate of drug-likeness (QED) is 0.631. The number of nitro groups is 1. The highest BCUT2D eigenvalue weighted by Crippen LogP contribution is 2.18. The largest absolute Gasteiger partial charge is 0.370 e. The molecule has 25 heavy (non-hydrogen) atoms. The van der Waals surface area contributed by atoms with E-state index in [2.05, 4.69) is 5.32 Å². The fraction of sp³-hybridized carbons (Fsp3) is 0.278. The van der Waals surface area contributed by atoms with Crippen molar-refractivity contribution in [3.05, 3.63) is 70.3 Å². The van der Waals surface area contributed by atoms with E-state index in [1.807, 2.05) is 30.3 Å². The van der Waals surface area contributed by atoms with Crippen LogP contribution in [0.1, 0.15) is 11.6 Å². The van der Waals surface area contributed by atoms with Crippen molar-refractivity contribution in [2.75, 3.05) is 31.6 Å². The summed E-state index contributed by atoms with van der Waals surface area (Å²) in [6.07, 6.45) is 0. The van der Waals surface area contributed by atoms with Crippen LogP contribution in [0.2, 0.25) is 0 Å². The smallest absolute Gasteiger partial charge is 0.287 e. The van der Waals surface area contributed by atoms with Gasteiger partial charge in [0.05, 0.1) is 18.1 Å². The average molecular weight is 342 g/mol. The van der Waals surface area contributed by atoms with Gasteiger partial charge in [0.1, 0.15) is 13.1 Å². The van der Waals surface area contributed by atoms with E-state index in [1.165, 1.54) is 12.1 Å². The van der Waals surface area contributed by atoms with Gasteiger partial charge in [-0.3, -0.25) is 14.9 Å². The number of anilines is 1. The molecule has 1 fully saturated rings. The number of non-ortho nitro benzene ring substituents is 1. The van der Waals surface area contributed by atoms with Gasteiger partial charge in [0.25, 0.3) is 11.6 Å². The van der Waals surface area contributed by atoms with Crippen molar-refractivity contribution in [1.29, 1.82) is 0 Å². The van der Waals surface area contributed by atoms with Crippen LogP contribution in [0.5, 0.6) is 0 Å². The molecule has 2 aromatic carbocycles. The van der Waals surface area contributed by atoms with E-state index in [0.29, 0.717) is 18.9 Å². The van der Waals surface area contributed by atoms with Gasteiger partial charge in [0.2, 0.25) is 0 Å². The second-order valence-electron chi connectivity index (χ2n) is 5.91. The third-order valence-electron chi connectivity index (χ3n) is 4.28. The molecule has 7 heteroatoms. The highest BCUT2D eigenvalue weighted by Gasteiger charge is 2.32. The molecule has 1 atom stereocenters. The van der Waals surface area contributed by atoms with Crippen molar-refractivity contribution in [2.24, 2.45) is 0 Å². The molecule has 0 radical (unpaired) electrons. The van der Waals surface area contributed by atoms with Crippen LogP contribution >= 0.6 is 0 Å². The standard InChI is InChI=1S/C18H19N3O4/c22-18(19-15-6-8-16(9-7-15)21(23)24)17(14-4-2-1-3-5-14)20-10-12-25-13-11-20/h1-9,17H,10-13H2,(H,19,22)/p+1/t17-/m1/s1. The molecule has 1 saturated heterocycles. The van der Waals surface area contributed by atoms with Gasteiger partial charge in [-0.2, -0.15) is 0 Å². The first-order chi connectivity index (χ1) is 12.1. The number of nitrogens with one attached hydrogen (secondary N) is 2. The van der Waals surface area contributed by atoms with Crippen LogP contribution in [0.3, 0.4) is 0 Å². The molecule has 2 N–H and O–H groups in total. The number of rotatable bonds is 5. The first-order valence-corrected chi connectivity index (χ1v) is 8.18. The van der Waals surface area contributed by atoms with Crippen molar-refractivity contribution in [3.8, 4) is 0 Å². The number of nitrogens with zero attached hydrogens (tertiary/aromatic N) is 1. The lowest BCUT2D eigenvalue weighted by molar-refractivity contribution is -0.929. The zero-order chi connectivity index (χ0) is 17.6. The third kappa shape index (κ3) is 4.20. The summed E-state index contributed by atoms with van der Waals surface area (Å²) in [7, 11) is 0. The number of benzene rings is 2. The Kier molecular flexibility index (Phi) is 5.37. The Bertz CT molecular complexity index is 728. The molecular formula is C18H20N3O4+. The topological polar surface area (TPSA) is 85.9 Å². The Morgan fingerprint density at radius 1 is 1.08 bits per heavy atom. The van der Waals surface area contributed by atoms with E-state index in [-0.39, 0.29) is 17.6 Å². The minimum absolute atomic E-state index is 0.00332. The summed E-state index contributed by atoms with van der Waals surface area (Å²) in [6.45, 7) is 2.77. The first kappa shape index (κ1) is 17.1. The van der Waals surface area contributed by atoms with Crippen LogP contribution in [-0.2, 0) is 9.53 Å². The number of morpholine rings is 1. The number of nitro benzene ring substituents is 1. The highest BCUT2D eigenvalue weighted by molar-refractivity contribution is 5.94. The van der Waals surface area contributed by atoms with E-state index < -0.39 is 4.92 Å². The normalized spacial score (nSPS) is 16.2. The number of ether oxygens (including phenoxy) is 1. The van der Waals surface area contributed by atoms with E-state index >= 15 is 0 Å². The molecule has 130 valence electrons. The Morgan fingerprint density at radius 3 is 2.32 bits per heavy atom. The van der Waals surface area contributed by atoms with Crippen LogP contribution < -0.4 is 10.2 Å². The lowest BCUT2D eigenvalue weighted by Crippen LogP contribution is -3.15. The molecular weight excluding hydrogens is 322 g/mol. The van der Waals surface area contributed by atoms with Crippen molar-refractivity contribution < 1.29 is 19.4 Å².